The van der Waals surface area contributed by atoms with Crippen molar-refractivity contribution in [2.24, 2.45) is 0 Å². The van der Waals surface area contributed by atoms with Gasteiger partial charge in [-0.15, -0.1) is 0 Å². The SMILES string of the molecule is CCNC(c1ccccc1)c1cc(F)c(F)cc1Cl. The second kappa shape index (κ2) is 6.13. The fourth-order valence-electron chi connectivity index (χ4n) is 2.02. The third kappa shape index (κ3) is 3.11. The molecule has 0 aliphatic heterocycles. The van der Waals surface area contributed by atoms with E-state index >= 15 is 0 Å². The van der Waals surface area contributed by atoms with Crippen molar-refractivity contribution in [3.8, 4) is 0 Å². The normalized spacial score (nSPS) is 12.4. The zero-order valence-corrected chi connectivity index (χ0v) is 11.2. The summed E-state index contributed by atoms with van der Waals surface area (Å²) < 4.78 is 26.5. The summed E-state index contributed by atoms with van der Waals surface area (Å²) in [5.41, 5.74) is 1.49. The van der Waals surface area contributed by atoms with Gasteiger partial charge in [-0.05, 0) is 29.8 Å². The minimum Gasteiger partial charge on any atom is -0.306 e. The van der Waals surface area contributed by atoms with Gasteiger partial charge in [0.15, 0.2) is 11.6 Å². The van der Waals surface area contributed by atoms with E-state index in [0.717, 1.165) is 17.7 Å². The molecule has 0 spiro atoms. The molecule has 1 nitrogen and oxygen atoms in total. The standard InChI is InChI=1S/C15H14ClF2N/c1-2-19-15(10-6-4-3-5-7-10)11-8-13(17)14(18)9-12(11)16/h3-9,15,19H,2H2,1H3. The van der Waals surface area contributed by atoms with Crippen molar-refractivity contribution in [2.75, 3.05) is 6.54 Å². The Morgan fingerprint density at radius 2 is 1.74 bits per heavy atom. The molecule has 0 aliphatic rings. The highest BCUT2D eigenvalue weighted by atomic mass is 35.5. The highest BCUT2D eigenvalue weighted by Gasteiger charge is 2.18. The summed E-state index contributed by atoms with van der Waals surface area (Å²) >= 11 is 6.04. The highest BCUT2D eigenvalue weighted by molar-refractivity contribution is 6.31. The van der Waals surface area contributed by atoms with Crippen molar-refractivity contribution in [1.82, 2.24) is 5.32 Å². The average molecular weight is 282 g/mol. The first-order chi connectivity index (χ1) is 9.13. The van der Waals surface area contributed by atoms with Crippen LogP contribution in [0, 0.1) is 11.6 Å². The molecule has 0 amide bonds. The number of benzene rings is 2. The van der Waals surface area contributed by atoms with Crippen molar-refractivity contribution >= 4 is 11.6 Å². The molecule has 4 heteroatoms. The molecule has 1 N–H and O–H groups in total. The van der Waals surface area contributed by atoms with Gasteiger partial charge in [0.05, 0.1) is 6.04 Å². The first kappa shape index (κ1) is 14.0. The number of hydrogen-bond donors (Lipinski definition) is 1. The van der Waals surface area contributed by atoms with Crippen LogP contribution in [0.15, 0.2) is 42.5 Å². The van der Waals surface area contributed by atoms with Crippen molar-refractivity contribution in [3.63, 3.8) is 0 Å². The highest BCUT2D eigenvalue weighted by Crippen LogP contribution is 2.30. The summed E-state index contributed by atoms with van der Waals surface area (Å²) in [6.07, 6.45) is 0. The third-order valence-electron chi connectivity index (χ3n) is 2.89. The Hall–Kier alpha value is -1.45. The molecule has 100 valence electrons. The second-order valence-electron chi connectivity index (χ2n) is 4.19. The van der Waals surface area contributed by atoms with E-state index in [9.17, 15) is 8.78 Å². The number of nitrogens with one attached hydrogen (secondary N) is 1. The van der Waals surface area contributed by atoms with Crippen molar-refractivity contribution in [3.05, 3.63) is 70.2 Å². The van der Waals surface area contributed by atoms with E-state index in [1.54, 1.807) is 0 Å². The lowest BCUT2D eigenvalue weighted by molar-refractivity contribution is 0.504. The molecule has 19 heavy (non-hydrogen) atoms. The topological polar surface area (TPSA) is 12.0 Å². The second-order valence-corrected chi connectivity index (χ2v) is 4.60. The van der Waals surface area contributed by atoms with E-state index in [-0.39, 0.29) is 11.1 Å². The molecule has 0 fully saturated rings. The first-order valence-electron chi connectivity index (χ1n) is 6.06. The largest absolute Gasteiger partial charge is 0.306 e. The van der Waals surface area contributed by atoms with Crippen LogP contribution in [-0.4, -0.2) is 6.54 Å². The van der Waals surface area contributed by atoms with Gasteiger partial charge in [0.1, 0.15) is 0 Å². The number of hydrogen-bond acceptors (Lipinski definition) is 1. The molecule has 2 rings (SSSR count). The Labute approximate surface area is 116 Å². The third-order valence-corrected chi connectivity index (χ3v) is 3.22. The van der Waals surface area contributed by atoms with Crippen molar-refractivity contribution in [2.45, 2.75) is 13.0 Å². The monoisotopic (exact) mass is 281 g/mol. The Balaban J connectivity index is 2.48. The molecular weight excluding hydrogens is 268 g/mol. The molecule has 0 aromatic heterocycles. The summed E-state index contributed by atoms with van der Waals surface area (Å²) in [6, 6.07) is 11.4. The summed E-state index contributed by atoms with van der Waals surface area (Å²) in [5.74, 6) is -1.82. The Morgan fingerprint density at radius 1 is 1.11 bits per heavy atom. The van der Waals surface area contributed by atoms with Gasteiger partial charge in [-0.3, -0.25) is 0 Å². The van der Waals surface area contributed by atoms with E-state index in [2.05, 4.69) is 5.32 Å². The molecule has 2 aromatic rings. The van der Waals surface area contributed by atoms with E-state index < -0.39 is 11.6 Å². The van der Waals surface area contributed by atoms with E-state index in [4.69, 9.17) is 11.6 Å². The Bertz CT molecular complexity index is 558. The zero-order valence-electron chi connectivity index (χ0n) is 10.5. The van der Waals surface area contributed by atoms with Crippen LogP contribution in [0.3, 0.4) is 0 Å². The summed E-state index contributed by atoms with van der Waals surface area (Å²) in [7, 11) is 0. The Kier molecular flexibility index (Phi) is 4.51. The van der Waals surface area contributed by atoms with Crippen LogP contribution in [0.5, 0.6) is 0 Å². The molecule has 0 bridgehead atoms. The predicted molar refractivity (Wildman–Crippen MR) is 73.3 cm³/mol. The van der Waals surface area contributed by atoms with E-state index in [1.165, 1.54) is 0 Å². The molecule has 0 heterocycles. The maximum absolute atomic E-state index is 13.4. The first-order valence-corrected chi connectivity index (χ1v) is 6.44. The van der Waals surface area contributed by atoms with Crippen LogP contribution in [-0.2, 0) is 0 Å². The zero-order chi connectivity index (χ0) is 13.8. The van der Waals surface area contributed by atoms with Gasteiger partial charge in [0, 0.05) is 5.02 Å². The lowest BCUT2D eigenvalue weighted by Crippen LogP contribution is -2.22. The van der Waals surface area contributed by atoms with Crippen LogP contribution in [0.2, 0.25) is 5.02 Å². The van der Waals surface area contributed by atoms with Crippen LogP contribution >= 0.6 is 11.6 Å². The summed E-state index contributed by atoms with van der Waals surface area (Å²) in [4.78, 5) is 0. The lowest BCUT2D eigenvalue weighted by Gasteiger charge is -2.20. The van der Waals surface area contributed by atoms with Gasteiger partial charge in [0.25, 0.3) is 0 Å². The molecule has 2 aromatic carbocycles. The Morgan fingerprint density at radius 3 is 2.37 bits per heavy atom. The molecule has 0 aliphatic carbocycles. The van der Waals surface area contributed by atoms with Crippen molar-refractivity contribution < 1.29 is 8.78 Å². The maximum Gasteiger partial charge on any atom is 0.160 e. The maximum atomic E-state index is 13.4. The van der Waals surface area contributed by atoms with Crippen LogP contribution in [0.25, 0.3) is 0 Å². The molecule has 1 unspecified atom stereocenters. The van der Waals surface area contributed by atoms with E-state index in [1.807, 2.05) is 37.3 Å². The lowest BCUT2D eigenvalue weighted by atomic mass is 9.98. The van der Waals surface area contributed by atoms with Gasteiger partial charge >= 0.3 is 0 Å². The summed E-state index contributed by atoms with van der Waals surface area (Å²) in [6.45, 7) is 2.64. The predicted octanol–water partition coefficient (Wildman–Crippen LogP) is 4.32. The molecular formula is C15H14ClF2N. The smallest absolute Gasteiger partial charge is 0.160 e. The minimum atomic E-state index is -0.933. The van der Waals surface area contributed by atoms with Crippen LogP contribution in [0.4, 0.5) is 8.78 Å². The van der Waals surface area contributed by atoms with Gasteiger partial charge in [-0.1, -0.05) is 48.9 Å². The summed E-state index contributed by atoms with van der Waals surface area (Å²) in [5, 5.41) is 3.45. The van der Waals surface area contributed by atoms with Gasteiger partial charge < -0.3 is 5.32 Å². The molecule has 1 atom stereocenters. The van der Waals surface area contributed by atoms with Crippen LogP contribution in [0.1, 0.15) is 24.1 Å². The number of rotatable bonds is 4. The molecule has 0 saturated carbocycles. The fourth-order valence-corrected chi connectivity index (χ4v) is 2.28. The van der Waals surface area contributed by atoms with Gasteiger partial charge in [-0.25, -0.2) is 8.78 Å². The number of halogens is 3. The average Bonchev–Trinajstić information content (AvgIpc) is 2.42. The van der Waals surface area contributed by atoms with Crippen molar-refractivity contribution in [1.29, 1.82) is 0 Å². The quantitative estimate of drug-likeness (QED) is 0.823. The molecule has 0 radical (unpaired) electrons. The molecule has 0 saturated heterocycles. The van der Waals surface area contributed by atoms with Gasteiger partial charge in [-0.2, -0.15) is 0 Å². The van der Waals surface area contributed by atoms with E-state index in [0.29, 0.717) is 12.1 Å². The fraction of sp³-hybridized carbons (Fsp3) is 0.200. The van der Waals surface area contributed by atoms with Gasteiger partial charge in [0.2, 0.25) is 0 Å². The van der Waals surface area contributed by atoms with Crippen LogP contribution < -0.4 is 5.32 Å². The minimum absolute atomic E-state index is 0.216.